The normalized spacial score (nSPS) is 12.5. The summed E-state index contributed by atoms with van der Waals surface area (Å²) in [6.07, 6.45) is 0.764. The molecule has 6 heteroatoms. The van der Waals surface area contributed by atoms with Crippen molar-refractivity contribution < 1.29 is 5.11 Å². The SMILES string of the molecule is OC(c1cnn(-c2ccccc2)n1)c1ccc(Cl)s1. The summed E-state index contributed by atoms with van der Waals surface area (Å²) in [4.78, 5) is 2.25. The molecule has 0 aliphatic rings. The van der Waals surface area contributed by atoms with Gasteiger partial charge in [0.15, 0.2) is 0 Å². The van der Waals surface area contributed by atoms with E-state index in [2.05, 4.69) is 10.2 Å². The van der Waals surface area contributed by atoms with Crippen LogP contribution in [0.2, 0.25) is 4.34 Å². The molecule has 19 heavy (non-hydrogen) atoms. The summed E-state index contributed by atoms with van der Waals surface area (Å²) in [7, 11) is 0. The van der Waals surface area contributed by atoms with Gasteiger partial charge in [0.05, 0.1) is 16.2 Å². The van der Waals surface area contributed by atoms with Crippen LogP contribution in [0.5, 0.6) is 0 Å². The summed E-state index contributed by atoms with van der Waals surface area (Å²) in [6.45, 7) is 0. The second-order valence-electron chi connectivity index (χ2n) is 3.94. The molecule has 3 aromatic rings. The zero-order valence-electron chi connectivity index (χ0n) is 9.77. The number of aromatic nitrogens is 3. The molecule has 0 aliphatic carbocycles. The topological polar surface area (TPSA) is 50.9 Å². The van der Waals surface area contributed by atoms with Gasteiger partial charge in [0.25, 0.3) is 0 Å². The molecule has 1 N–H and O–H groups in total. The lowest BCUT2D eigenvalue weighted by Crippen LogP contribution is -2.02. The van der Waals surface area contributed by atoms with E-state index in [-0.39, 0.29) is 0 Å². The van der Waals surface area contributed by atoms with Crippen LogP contribution in [0.25, 0.3) is 5.69 Å². The molecule has 0 spiro atoms. The number of thiophene rings is 1. The molecule has 1 aromatic carbocycles. The van der Waals surface area contributed by atoms with Crippen LogP contribution in [0, 0.1) is 0 Å². The fourth-order valence-corrected chi connectivity index (χ4v) is 2.77. The van der Waals surface area contributed by atoms with Gasteiger partial charge in [-0.05, 0) is 24.3 Å². The summed E-state index contributed by atoms with van der Waals surface area (Å²) >= 11 is 7.19. The van der Waals surface area contributed by atoms with E-state index >= 15 is 0 Å². The van der Waals surface area contributed by atoms with E-state index in [1.165, 1.54) is 16.1 Å². The minimum absolute atomic E-state index is 0.502. The Morgan fingerprint density at radius 1 is 1.16 bits per heavy atom. The van der Waals surface area contributed by atoms with Crippen molar-refractivity contribution in [1.82, 2.24) is 15.0 Å². The van der Waals surface area contributed by atoms with Gasteiger partial charge in [-0.25, -0.2) is 0 Å². The summed E-state index contributed by atoms with van der Waals surface area (Å²) in [5.74, 6) is 0. The maximum absolute atomic E-state index is 10.2. The molecule has 2 heterocycles. The Morgan fingerprint density at radius 3 is 2.63 bits per heavy atom. The molecule has 0 saturated carbocycles. The van der Waals surface area contributed by atoms with Gasteiger partial charge in [0.1, 0.15) is 11.8 Å². The van der Waals surface area contributed by atoms with E-state index in [4.69, 9.17) is 11.6 Å². The molecule has 0 amide bonds. The van der Waals surface area contributed by atoms with E-state index in [9.17, 15) is 5.11 Å². The van der Waals surface area contributed by atoms with Gasteiger partial charge in [0.2, 0.25) is 0 Å². The number of nitrogens with zero attached hydrogens (tertiary/aromatic N) is 3. The Labute approximate surface area is 118 Å². The smallest absolute Gasteiger partial charge is 0.134 e. The quantitative estimate of drug-likeness (QED) is 0.807. The standard InChI is InChI=1S/C13H10ClN3OS/c14-12-7-6-11(19-12)13(18)10-8-15-17(16-10)9-4-2-1-3-5-9/h1-8,13,18H. The third-order valence-electron chi connectivity index (χ3n) is 2.64. The number of rotatable bonds is 3. The van der Waals surface area contributed by atoms with Gasteiger partial charge in [-0.1, -0.05) is 29.8 Å². The second-order valence-corrected chi connectivity index (χ2v) is 5.69. The lowest BCUT2D eigenvalue weighted by molar-refractivity contribution is 0.218. The lowest BCUT2D eigenvalue weighted by atomic mass is 10.2. The number of benzene rings is 1. The van der Waals surface area contributed by atoms with Crippen molar-refractivity contribution >= 4 is 22.9 Å². The van der Waals surface area contributed by atoms with Gasteiger partial charge in [-0.2, -0.15) is 15.0 Å². The fraction of sp³-hybridized carbons (Fsp3) is 0.0769. The molecule has 0 bridgehead atoms. The summed E-state index contributed by atoms with van der Waals surface area (Å²) in [6, 6.07) is 13.1. The number of para-hydroxylation sites is 1. The first-order valence-electron chi connectivity index (χ1n) is 5.65. The van der Waals surface area contributed by atoms with Crippen molar-refractivity contribution in [3.8, 4) is 5.69 Å². The highest BCUT2D eigenvalue weighted by molar-refractivity contribution is 7.16. The van der Waals surface area contributed by atoms with Crippen molar-refractivity contribution in [3.05, 3.63) is 63.6 Å². The van der Waals surface area contributed by atoms with Gasteiger partial charge >= 0.3 is 0 Å². The highest BCUT2D eigenvalue weighted by Crippen LogP contribution is 2.29. The van der Waals surface area contributed by atoms with Crippen molar-refractivity contribution in [3.63, 3.8) is 0 Å². The molecule has 1 unspecified atom stereocenters. The maximum atomic E-state index is 10.2. The first-order valence-corrected chi connectivity index (χ1v) is 6.84. The van der Waals surface area contributed by atoms with Gasteiger partial charge < -0.3 is 5.11 Å². The third-order valence-corrected chi connectivity index (χ3v) is 3.92. The number of hydrogen-bond donors (Lipinski definition) is 1. The van der Waals surface area contributed by atoms with Crippen molar-refractivity contribution in [2.24, 2.45) is 0 Å². The van der Waals surface area contributed by atoms with Crippen molar-refractivity contribution in [2.45, 2.75) is 6.10 Å². The highest BCUT2D eigenvalue weighted by Gasteiger charge is 2.16. The molecule has 2 aromatic heterocycles. The molecule has 0 aliphatic heterocycles. The molecule has 4 nitrogen and oxygen atoms in total. The van der Waals surface area contributed by atoms with Crippen LogP contribution in [0.4, 0.5) is 0 Å². The van der Waals surface area contributed by atoms with Crippen LogP contribution in [0.3, 0.4) is 0 Å². The van der Waals surface area contributed by atoms with Crippen LogP contribution in [-0.4, -0.2) is 20.1 Å². The Kier molecular flexibility index (Phi) is 3.33. The monoisotopic (exact) mass is 291 g/mol. The van der Waals surface area contributed by atoms with Gasteiger partial charge in [-0.15, -0.1) is 11.3 Å². The summed E-state index contributed by atoms with van der Waals surface area (Å²) in [5.41, 5.74) is 1.35. The van der Waals surface area contributed by atoms with Crippen LogP contribution in [0.1, 0.15) is 16.7 Å². The summed E-state index contributed by atoms with van der Waals surface area (Å²) < 4.78 is 0.643. The predicted octanol–water partition coefficient (Wildman–Crippen LogP) is 3.06. The van der Waals surface area contributed by atoms with Crippen LogP contribution < -0.4 is 0 Å². The average Bonchev–Trinajstić information content (AvgIpc) is 3.08. The van der Waals surface area contributed by atoms with E-state index in [1.54, 1.807) is 18.3 Å². The highest BCUT2D eigenvalue weighted by atomic mass is 35.5. The zero-order chi connectivity index (χ0) is 13.2. The first kappa shape index (κ1) is 12.3. The minimum Gasteiger partial charge on any atom is -0.381 e. The molecule has 0 fully saturated rings. The maximum Gasteiger partial charge on any atom is 0.134 e. The Morgan fingerprint density at radius 2 is 1.95 bits per heavy atom. The largest absolute Gasteiger partial charge is 0.381 e. The molecule has 1 atom stereocenters. The Balaban J connectivity index is 1.89. The third kappa shape index (κ3) is 2.53. The first-order chi connectivity index (χ1) is 9.24. The predicted molar refractivity (Wildman–Crippen MR) is 74.7 cm³/mol. The van der Waals surface area contributed by atoms with Gasteiger partial charge in [-0.3, -0.25) is 0 Å². The van der Waals surface area contributed by atoms with E-state index in [1.807, 2.05) is 30.3 Å². The number of aliphatic hydroxyl groups excluding tert-OH is 1. The molecule has 0 saturated heterocycles. The van der Waals surface area contributed by atoms with Crippen molar-refractivity contribution in [1.29, 1.82) is 0 Å². The molecule has 0 radical (unpaired) electrons. The van der Waals surface area contributed by atoms with Crippen molar-refractivity contribution in [2.75, 3.05) is 0 Å². The minimum atomic E-state index is -0.796. The van der Waals surface area contributed by atoms with Crippen LogP contribution >= 0.6 is 22.9 Å². The van der Waals surface area contributed by atoms with Gasteiger partial charge in [0, 0.05) is 4.88 Å². The fourth-order valence-electron chi connectivity index (χ4n) is 1.71. The van der Waals surface area contributed by atoms with E-state index in [0.717, 1.165) is 10.6 Å². The number of hydrogen-bond acceptors (Lipinski definition) is 4. The Hall–Kier alpha value is -1.69. The summed E-state index contributed by atoms with van der Waals surface area (Å²) in [5, 5.41) is 18.6. The number of halogens is 1. The molecular weight excluding hydrogens is 282 g/mol. The zero-order valence-corrected chi connectivity index (χ0v) is 11.3. The molecule has 3 rings (SSSR count). The van der Waals surface area contributed by atoms with Crippen LogP contribution in [-0.2, 0) is 0 Å². The number of aliphatic hydroxyl groups is 1. The van der Waals surface area contributed by atoms with Crippen LogP contribution in [0.15, 0.2) is 48.7 Å². The lowest BCUT2D eigenvalue weighted by Gasteiger charge is -2.03. The van der Waals surface area contributed by atoms with E-state index < -0.39 is 6.10 Å². The Bertz CT molecular complexity index is 680. The van der Waals surface area contributed by atoms with E-state index in [0.29, 0.717) is 10.0 Å². The molecule has 96 valence electrons. The second kappa shape index (κ2) is 5.13. The average molecular weight is 292 g/mol. The molecular formula is C13H10ClN3OS.